The Hall–Kier alpha value is -1.33. The Morgan fingerprint density at radius 1 is 1.53 bits per heavy atom. The average Bonchev–Trinajstić information content (AvgIpc) is 2.26. The number of benzene rings is 1. The van der Waals surface area contributed by atoms with Crippen LogP contribution < -0.4 is 0 Å². The molecular formula is C13H15FO. The van der Waals surface area contributed by atoms with Crippen molar-refractivity contribution in [1.82, 2.24) is 0 Å². The maximum absolute atomic E-state index is 13.0. The van der Waals surface area contributed by atoms with Crippen LogP contribution in [0.1, 0.15) is 31.7 Å². The minimum Gasteiger partial charge on any atom is -0.385 e. The number of halogens is 1. The average molecular weight is 206 g/mol. The highest BCUT2D eigenvalue weighted by atomic mass is 19.1. The van der Waals surface area contributed by atoms with Gasteiger partial charge in [-0.3, -0.25) is 0 Å². The van der Waals surface area contributed by atoms with Gasteiger partial charge in [-0.2, -0.15) is 0 Å². The van der Waals surface area contributed by atoms with Gasteiger partial charge in [-0.1, -0.05) is 19.1 Å². The lowest BCUT2D eigenvalue weighted by Crippen LogP contribution is -2.24. The molecule has 1 nitrogen and oxygen atoms in total. The van der Waals surface area contributed by atoms with Gasteiger partial charge in [-0.05, 0) is 30.5 Å². The van der Waals surface area contributed by atoms with Crippen molar-refractivity contribution in [2.45, 2.75) is 31.8 Å². The Morgan fingerprint density at radius 3 is 2.80 bits per heavy atom. The molecule has 1 aromatic carbocycles. The van der Waals surface area contributed by atoms with Gasteiger partial charge in [-0.15, -0.1) is 12.3 Å². The summed E-state index contributed by atoms with van der Waals surface area (Å²) in [7, 11) is 0. The highest BCUT2D eigenvalue weighted by Gasteiger charge is 2.26. The largest absolute Gasteiger partial charge is 0.385 e. The van der Waals surface area contributed by atoms with E-state index in [9.17, 15) is 9.50 Å². The molecule has 1 aromatic rings. The summed E-state index contributed by atoms with van der Waals surface area (Å²) in [5.41, 5.74) is -0.408. The van der Waals surface area contributed by atoms with Crippen molar-refractivity contribution < 1.29 is 9.50 Å². The van der Waals surface area contributed by atoms with Crippen LogP contribution in [0, 0.1) is 18.2 Å². The number of rotatable bonds is 4. The van der Waals surface area contributed by atoms with Gasteiger partial charge in [0.15, 0.2) is 0 Å². The quantitative estimate of drug-likeness (QED) is 0.751. The number of terminal acetylenes is 1. The topological polar surface area (TPSA) is 20.2 Å². The molecule has 1 unspecified atom stereocenters. The molecule has 0 aliphatic carbocycles. The van der Waals surface area contributed by atoms with Crippen LogP contribution in [0.3, 0.4) is 0 Å². The molecule has 0 aromatic heterocycles. The lowest BCUT2D eigenvalue weighted by Gasteiger charge is -2.26. The van der Waals surface area contributed by atoms with Gasteiger partial charge in [0.05, 0.1) is 5.60 Å². The summed E-state index contributed by atoms with van der Waals surface area (Å²) >= 11 is 0. The van der Waals surface area contributed by atoms with Gasteiger partial charge in [0.2, 0.25) is 0 Å². The van der Waals surface area contributed by atoms with Crippen molar-refractivity contribution in [3.05, 3.63) is 35.6 Å². The van der Waals surface area contributed by atoms with Gasteiger partial charge in [0.1, 0.15) is 5.82 Å². The third-order valence-electron chi connectivity index (χ3n) is 2.63. The van der Waals surface area contributed by atoms with E-state index in [0.29, 0.717) is 24.8 Å². The Balaban J connectivity index is 2.95. The van der Waals surface area contributed by atoms with Crippen molar-refractivity contribution in [1.29, 1.82) is 0 Å². The van der Waals surface area contributed by atoms with Crippen LogP contribution in [-0.2, 0) is 5.60 Å². The summed E-state index contributed by atoms with van der Waals surface area (Å²) in [4.78, 5) is 0. The third kappa shape index (κ3) is 2.81. The summed E-state index contributed by atoms with van der Waals surface area (Å²) in [6.07, 6.45) is 6.64. The fourth-order valence-electron chi connectivity index (χ4n) is 1.58. The Morgan fingerprint density at radius 2 is 2.27 bits per heavy atom. The van der Waals surface area contributed by atoms with E-state index in [-0.39, 0.29) is 5.82 Å². The van der Waals surface area contributed by atoms with Crippen LogP contribution in [0.15, 0.2) is 24.3 Å². The minimum atomic E-state index is -1.01. The predicted molar refractivity (Wildman–Crippen MR) is 58.7 cm³/mol. The molecule has 0 heterocycles. The number of hydrogen-bond donors (Lipinski definition) is 1. The van der Waals surface area contributed by atoms with Crippen molar-refractivity contribution in [2.75, 3.05) is 0 Å². The van der Waals surface area contributed by atoms with Crippen LogP contribution >= 0.6 is 0 Å². The summed E-state index contributed by atoms with van der Waals surface area (Å²) in [6, 6.07) is 6.05. The maximum Gasteiger partial charge on any atom is 0.123 e. The van der Waals surface area contributed by atoms with E-state index >= 15 is 0 Å². The first-order valence-corrected chi connectivity index (χ1v) is 5.04. The standard InChI is InChI=1S/C13H15FO/c1-3-5-9-13(15,4-2)11-7-6-8-12(14)10-11/h1,6-8,10,15H,4-5,9H2,2H3. The van der Waals surface area contributed by atoms with Gasteiger partial charge in [-0.25, -0.2) is 4.39 Å². The summed E-state index contributed by atoms with van der Waals surface area (Å²) < 4.78 is 13.0. The third-order valence-corrected chi connectivity index (χ3v) is 2.63. The van der Waals surface area contributed by atoms with Crippen LogP contribution in [-0.4, -0.2) is 5.11 Å². The minimum absolute atomic E-state index is 0.333. The molecule has 0 saturated carbocycles. The Labute approximate surface area is 89.9 Å². The maximum atomic E-state index is 13.0. The number of hydrogen-bond acceptors (Lipinski definition) is 1. The van der Waals surface area contributed by atoms with Gasteiger partial charge in [0, 0.05) is 6.42 Å². The van der Waals surface area contributed by atoms with E-state index in [1.807, 2.05) is 6.92 Å². The second-order valence-corrected chi connectivity index (χ2v) is 3.60. The first-order valence-electron chi connectivity index (χ1n) is 5.04. The molecule has 0 radical (unpaired) electrons. The fraction of sp³-hybridized carbons (Fsp3) is 0.385. The van der Waals surface area contributed by atoms with Gasteiger partial charge < -0.3 is 5.11 Å². The van der Waals surface area contributed by atoms with Gasteiger partial charge >= 0.3 is 0 Å². The molecule has 0 bridgehead atoms. The zero-order valence-electron chi connectivity index (χ0n) is 8.83. The van der Waals surface area contributed by atoms with Crippen LogP contribution in [0.25, 0.3) is 0 Å². The van der Waals surface area contributed by atoms with E-state index in [1.165, 1.54) is 12.1 Å². The molecule has 0 saturated heterocycles. The predicted octanol–water partition coefficient (Wildman–Crippen LogP) is 2.84. The Bertz CT molecular complexity index is 367. The second kappa shape index (κ2) is 4.95. The van der Waals surface area contributed by atoms with E-state index in [1.54, 1.807) is 12.1 Å². The molecule has 2 heteroatoms. The second-order valence-electron chi connectivity index (χ2n) is 3.60. The lowest BCUT2D eigenvalue weighted by molar-refractivity contribution is 0.0246. The fourth-order valence-corrected chi connectivity index (χ4v) is 1.58. The number of aliphatic hydroxyl groups is 1. The normalized spacial score (nSPS) is 14.3. The van der Waals surface area contributed by atoms with E-state index < -0.39 is 5.60 Å². The molecule has 80 valence electrons. The van der Waals surface area contributed by atoms with E-state index in [2.05, 4.69) is 5.92 Å². The molecule has 15 heavy (non-hydrogen) atoms. The molecule has 0 aliphatic heterocycles. The highest BCUT2D eigenvalue weighted by Crippen LogP contribution is 2.30. The summed E-state index contributed by atoms with van der Waals surface area (Å²) in [6.45, 7) is 1.86. The molecule has 0 spiro atoms. The molecule has 0 fully saturated rings. The molecule has 1 N–H and O–H groups in total. The van der Waals surface area contributed by atoms with E-state index in [4.69, 9.17) is 6.42 Å². The van der Waals surface area contributed by atoms with Crippen molar-refractivity contribution >= 4 is 0 Å². The van der Waals surface area contributed by atoms with Gasteiger partial charge in [0.25, 0.3) is 0 Å². The van der Waals surface area contributed by atoms with Crippen molar-refractivity contribution in [3.8, 4) is 12.3 Å². The SMILES string of the molecule is C#CCCC(O)(CC)c1cccc(F)c1. The van der Waals surface area contributed by atoms with Crippen molar-refractivity contribution in [3.63, 3.8) is 0 Å². The zero-order chi connectivity index (χ0) is 11.3. The van der Waals surface area contributed by atoms with E-state index in [0.717, 1.165) is 0 Å². The van der Waals surface area contributed by atoms with Crippen LogP contribution in [0.4, 0.5) is 4.39 Å². The summed E-state index contributed by atoms with van der Waals surface area (Å²) in [5.74, 6) is 2.16. The molecular weight excluding hydrogens is 191 g/mol. The first-order chi connectivity index (χ1) is 7.12. The Kier molecular flexibility index (Phi) is 3.88. The zero-order valence-corrected chi connectivity index (χ0v) is 8.83. The molecule has 0 amide bonds. The molecule has 0 aliphatic rings. The molecule has 1 rings (SSSR count). The lowest BCUT2D eigenvalue weighted by atomic mass is 9.87. The van der Waals surface area contributed by atoms with Crippen molar-refractivity contribution in [2.24, 2.45) is 0 Å². The smallest absolute Gasteiger partial charge is 0.123 e. The van der Waals surface area contributed by atoms with Crippen LogP contribution in [0.2, 0.25) is 0 Å². The van der Waals surface area contributed by atoms with Crippen LogP contribution in [0.5, 0.6) is 0 Å². The molecule has 1 atom stereocenters. The monoisotopic (exact) mass is 206 g/mol. The summed E-state index contributed by atoms with van der Waals surface area (Å²) in [5, 5.41) is 10.3. The highest BCUT2D eigenvalue weighted by molar-refractivity contribution is 5.23. The first kappa shape index (κ1) is 11.7.